The van der Waals surface area contributed by atoms with E-state index in [1.807, 2.05) is 12.1 Å². The fraction of sp³-hybridized carbons (Fsp3) is 0.227. The molecule has 0 saturated carbocycles. The monoisotopic (exact) mass is 468 g/mol. The van der Waals surface area contributed by atoms with Gasteiger partial charge in [-0.3, -0.25) is 9.36 Å². The molecule has 1 saturated heterocycles. The van der Waals surface area contributed by atoms with Crippen LogP contribution >= 0.6 is 15.9 Å². The molecule has 0 N–H and O–H groups in total. The van der Waals surface area contributed by atoms with Crippen molar-refractivity contribution in [3.8, 4) is 17.1 Å². The zero-order valence-electron chi connectivity index (χ0n) is 16.0. The van der Waals surface area contributed by atoms with Crippen LogP contribution in [0.3, 0.4) is 0 Å². The van der Waals surface area contributed by atoms with Gasteiger partial charge in [-0.15, -0.1) is 0 Å². The summed E-state index contributed by atoms with van der Waals surface area (Å²) in [4.78, 5) is 18.3. The normalized spacial score (nSPS) is 15.0. The molecule has 0 atom stereocenters. The molecule has 152 valence electrons. The molecule has 1 aliphatic heterocycles. The number of nitrogens with zero attached hydrogens (tertiary/aromatic N) is 4. The molecule has 0 radical (unpaired) electrons. The predicted octanol–water partition coefficient (Wildman–Crippen LogP) is 4.50. The Morgan fingerprint density at radius 1 is 1.07 bits per heavy atom. The molecule has 30 heavy (non-hydrogen) atoms. The summed E-state index contributed by atoms with van der Waals surface area (Å²) < 4.78 is 24.3. The van der Waals surface area contributed by atoms with E-state index in [9.17, 15) is 9.18 Å². The summed E-state index contributed by atoms with van der Waals surface area (Å²) in [7, 11) is 0. The first kappa shape index (κ1) is 19.1. The minimum atomic E-state index is -0.438. The standard InChI is InChI=1S/C22H18BrFN4O2/c23-14-5-7-15(8-6-14)27-20(17-3-1-2-4-19(17)24)26-21-18(22(27)29)13-25-28(21)16-9-11-30-12-10-16/h1-8,13,16H,9-12H2. The number of fused-ring (bicyclic) bond motifs is 1. The first-order chi connectivity index (χ1) is 14.6. The zero-order chi connectivity index (χ0) is 20.7. The van der Waals surface area contributed by atoms with Crippen LogP contribution in [0.25, 0.3) is 28.1 Å². The van der Waals surface area contributed by atoms with Gasteiger partial charge in [-0.25, -0.2) is 14.1 Å². The Balaban J connectivity index is 1.81. The van der Waals surface area contributed by atoms with Gasteiger partial charge in [0.2, 0.25) is 0 Å². The van der Waals surface area contributed by atoms with Crippen LogP contribution in [-0.4, -0.2) is 32.5 Å². The van der Waals surface area contributed by atoms with E-state index < -0.39 is 5.82 Å². The van der Waals surface area contributed by atoms with Gasteiger partial charge in [-0.2, -0.15) is 5.10 Å². The number of hydrogen-bond acceptors (Lipinski definition) is 4. The minimum Gasteiger partial charge on any atom is -0.381 e. The van der Waals surface area contributed by atoms with E-state index in [0.29, 0.717) is 29.9 Å². The van der Waals surface area contributed by atoms with Crippen molar-refractivity contribution in [3.05, 3.63) is 75.4 Å². The molecule has 3 heterocycles. The van der Waals surface area contributed by atoms with Crippen LogP contribution in [0.15, 0.2) is 64.0 Å². The number of aromatic nitrogens is 4. The summed E-state index contributed by atoms with van der Waals surface area (Å²) in [5.74, 6) is -0.187. The molecule has 2 aromatic carbocycles. The van der Waals surface area contributed by atoms with Crippen molar-refractivity contribution in [1.29, 1.82) is 0 Å². The Hall–Kier alpha value is -2.84. The second-order valence-corrected chi connectivity index (χ2v) is 8.12. The summed E-state index contributed by atoms with van der Waals surface area (Å²) in [6.45, 7) is 1.28. The van der Waals surface area contributed by atoms with Crippen LogP contribution < -0.4 is 5.56 Å². The maximum absolute atomic E-state index is 14.7. The molecule has 8 heteroatoms. The molecular weight excluding hydrogens is 451 g/mol. The molecule has 6 nitrogen and oxygen atoms in total. The van der Waals surface area contributed by atoms with Crippen molar-refractivity contribution in [3.63, 3.8) is 0 Å². The lowest BCUT2D eigenvalue weighted by atomic mass is 10.1. The highest BCUT2D eigenvalue weighted by Crippen LogP contribution is 2.28. The maximum Gasteiger partial charge on any atom is 0.269 e. The number of hydrogen-bond donors (Lipinski definition) is 0. The van der Waals surface area contributed by atoms with Crippen LogP contribution in [0.4, 0.5) is 4.39 Å². The first-order valence-corrected chi connectivity index (χ1v) is 10.5. The van der Waals surface area contributed by atoms with Gasteiger partial charge in [-0.1, -0.05) is 28.1 Å². The fourth-order valence-electron chi connectivity index (χ4n) is 3.83. The average Bonchev–Trinajstić information content (AvgIpc) is 3.20. The zero-order valence-corrected chi connectivity index (χ0v) is 17.5. The van der Waals surface area contributed by atoms with Crippen LogP contribution in [0.2, 0.25) is 0 Å². The Bertz CT molecular complexity index is 1280. The van der Waals surface area contributed by atoms with Gasteiger partial charge in [0.15, 0.2) is 11.5 Å². The summed E-state index contributed by atoms with van der Waals surface area (Å²) in [6.07, 6.45) is 3.15. The summed E-state index contributed by atoms with van der Waals surface area (Å²) >= 11 is 3.41. The SMILES string of the molecule is O=c1c2cnn(C3CCOCC3)c2nc(-c2ccccc2F)n1-c1ccc(Br)cc1. The van der Waals surface area contributed by atoms with E-state index in [0.717, 1.165) is 17.3 Å². The van der Waals surface area contributed by atoms with E-state index in [4.69, 9.17) is 9.72 Å². The van der Waals surface area contributed by atoms with Crippen molar-refractivity contribution in [2.24, 2.45) is 0 Å². The van der Waals surface area contributed by atoms with Crippen LogP contribution in [0, 0.1) is 5.82 Å². The third-order valence-corrected chi connectivity index (χ3v) is 5.89. The van der Waals surface area contributed by atoms with Gasteiger partial charge in [0.1, 0.15) is 11.2 Å². The molecule has 0 amide bonds. The topological polar surface area (TPSA) is 61.9 Å². The van der Waals surface area contributed by atoms with Crippen LogP contribution in [-0.2, 0) is 4.74 Å². The molecule has 0 aliphatic carbocycles. The van der Waals surface area contributed by atoms with Crippen molar-refractivity contribution in [1.82, 2.24) is 19.3 Å². The molecule has 0 bridgehead atoms. The Morgan fingerprint density at radius 2 is 1.80 bits per heavy atom. The summed E-state index contributed by atoms with van der Waals surface area (Å²) in [5.41, 5.74) is 1.06. The van der Waals surface area contributed by atoms with Gasteiger partial charge < -0.3 is 4.74 Å². The lowest BCUT2D eigenvalue weighted by Crippen LogP contribution is -2.24. The van der Waals surface area contributed by atoms with E-state index in [1.54, 1.807) is 41.2 Å². The van der Waals surface area contributed by atoms with E-state index in [1.165, 1.54) is 10.6 Å². The Kier molecular flexibility index (Phi) is 4.96. The number of benzene rings is 2. The maximum atomic E-state index is 14.7. The Labute approximate surface area is 180 Å². The number of rotatable bonds is 3. The van der Waals surface area contributed by atoms with Gasteiger partial charge in [0.25, 0.3) is 5.56 Å². The number of ether oxygens (including phenoxy) is 1. The second-order valence-electron chi connectivity index (χ2n) is 7.20. The van der Waals surface area contributed by atoms with Gasteiger partial charge in [0, 0.05) is 17.7 Å². The van der Waals surface area contributed by atoms with Gasteiger partial charge in [0.05, 0.1) is 23.5 Å². The van der Waals surface area contributed by atoms with Gasteiger partial charge >= 0.3 is 0 Å². The fourth-order valence-corrected chi connectivity index (χ4v) is 4.10. The van der Waals surface area contributed by atoms with E-state index in [2.05, 4.69) is 21.0 Å². The third kappa shape index (κ3) is 3.26. The molecule has 1 fully saturated rings. The molecule has 5 rings (SSSR count). The third-order valence-electron chi connectivity index (χ3n) is 5.36. The van der Waals surface area contributed by atoms with Crippen molar-refractivity contribution in [2.75, 3.05) is 13.2 Å². The second kappa shape index (κ2) is 7.77. The minimum absolute atomic E-state index is 0.0974. The molecule has 4 aromatic rings. The molecule has 0 spiro atoms. The smallest absolute Gasteiger partial charge is 0.269 e. The van der Waals surface area contributed by atoms with E-state index in [-0.39, 0.29) is 23.0 Å². The Morgan fingerprint density at radius 3 is 2.53 bits per heavy atom. The highest BCUT2D eigenvalue weighted by molar-refractivity contribution is 9.10. The lowest BCUT2D eigenvalue weighted by molar-refractivity contribution is 0.0673. The largest absolute Gasteiger partial charge is 0.381 e. The summed E-state index contributed by atoms with van der Waals surface area (Å²) in [6, 6.07) is 13.7. The molecule has 2 aromatic heterocycles. The molecular formula is C22H18BrFN4O2. The van der Waals surface area contributed by atoms with E-state index >= 15 is 0 Å². The first-order valence-electron chi connectivity index (χ1n) is 9.72. The molecule has 0 unspecified atom stereocenters. The number of halogens is 2. The van der Waals surface area contributed by atoms with Crippen molar-refractivity contribution < 1.29 is 9.13 Å². The highest BCUT2D eigenvalue weighted by Gasteiger charge is 2.24. The summed E-state index contributed by atoms with van der Waals surface area (Å²) in [5, 5.41) is 4.88. The van der Waals surface area contributed by atoms with Crippen molar-refractivity contribution in [2.45, 2.75) is 18.9 Å². The predicted molar refractivity (Wildman–Crippen MR) is 115 cm³/mol. The van der Waals surface area contributed by atoms with Gasteiger partial charge in [-0.05, 0) is 49.2 Å². The molecule has 1 aliphatic rings. The van der Waals surface area contributed by atoms with Crippen molar-refractivity contribution >= 4 is 27.0 Å². The highest BCUT2D eigenvalue weighted by atomic mass is 79.9. The lowest BCUT2D eigenvalue weighted by Gasteiger charge is -2.23. The quantitative estimate of drug-likeness (QED) is 0.443. The van der Waals surface area contributed by atoms with Crippen LogP contribution in [0.5, 0.6) is 0 Å². The average molecular weight is 469 g/mol. The van der Waals surface area contributed by atoms with Crippen LogP contribution in [0.1, 0.15) is 18.9 Å².